The van der Waals surface area contributed by atoms with E-state index in [1.54, 1.807) is 12.3 Å². The molecule has 10 nitrogen and oxygen atoms in total. The number of urea groups is 2. The van der Waals surface area contributed by atoms with E-state index in [1.165, 1.54) is 4.90 Å². The third kappa shape index (κ3) is 4.18. The molecule has 0 radical (unpaired) electrons. The van der Waals surface area contributed by atoms with E-state index >= 15 is 0 Å². The van der Waals surface area contributed by atoms with Gasteiger partial charge >= 0.3 is 12.1 Å². The summed E-state index contributed by atoms with van der Waals surface area (Å²) in [6, 6.07) is 5.17. The van der Waals surface area contributed by atoms with Crippen LogP contribution in [-0.2, 0) is 0 Å². The summed E-state index contributed by atoms with van der Waals surface area (Å²) in [6.45, 7) is 0.905. The van der Waals surface area contributed by atoms with E-state index in [0.29, 0.717) is 24.2 Å². The molecule has 2 aliphatic rings. The first-order chi connectivity index (χ1) is 15.6. The van der Waals surface area contributed by atoms with Crippen LogP contribution in [0.4, 0.5) is 15.5 Å². The summed E-state index contributed by atoms with van der Waals surface area (Å²) in [6.07, 6.45) is 6.91. The van der Waals surface area contributed by atoms with Crippen LogP contribution in [0.2, 0.25) is 5.15 Å². The van der Waals surface area contributed by atoms with Gasteiger partial charge in [0.1, 0.15) is 10.8 Å². The molecule has 2 fully saturated rings. The average Bonchev–Trinajstić information content (AvgIpc) is 3.41. The Balaban J connectivity index is 1.22. The summed E-state index contributed by atoms with van der Waals surface area (Å²) in [5, 5.41) is 10.3. The molecule has 0 bridgehead atoms. The molecule has 1 saturated carbocycles. The third-order valence-electron chi connectivity index (χ3n) is 5.91. The number of H-pyrrole nitrogens is 1. The van der Waals surface area contributed by atoms with Crippen molar-refractivity contribution in [3.05, 3.63) is 35.7 Å². The first kappa shape index (κ1) is 20.5. The average molecular weight is 455 g/mol. The first-order valence-corrected chi connectivity index (χ1v) is 11.0. The lowest BCUT2D eigenvalue weighted by atomic mass is 9.91. The summed E-state index contributed by atoms with van der Waals surface area (Å²) in [4.78, 5) is 41.6. The van der Waals surface area contributed by atoms with Gasteiger partial charge in [0.2, 0.25) is 5.95 Å². The van der Waals surface area contributed by atoms with Crippen LogP contribution in [0, 0.1) is 0 Å². The van der Waals surface area contributed by atoms with Crippen molar-refractivity contribution in [2.75, 3.05) is 18.4 Å². The summed E-state index contributed by atoms with van der Waals surface area (Å²) in [5.41, 5.74) is 2.42. The number of rotatable bonds is 4. The maximum absolute atomic E-state index is 12.3. The van der Waals surface area contributed by atoms with Crippen LogP contribution in [0.25, 0.3) is 22.3 Å². The maximum Gasteiger partial charge on any atom is 0.325 e. The number of carbonyl (C=O) groups is 2. The largest absolute Gasteiger partial charge is 0.351 e. The number of carbonyl (C=O) groups excluding carboxylic acids is 2. The van der Waals surface area contributed by atoms with Gasteiger partial charge in [-0.2, -0.15) is 0 Å². The molecular formula is C21H23ClN8O2. The van der Waals surface area contributed by atoms with Crippen molar-refractivity contribution in [3.8, 4) is 11.3 Å². The molecule has 4 N–H and O–H groups in total. The van der Waals surface area contributed by atoms with Crippen LogP contribution in [0.3, 0.4) is 0 Å². The Kier molecular flexibility index (Phi) is 5.52. The number of nitrogens with one attached hydrogen (secondary N) is 4. The molecule has 0 atom stereocenters. The predicted octanol–water partition coefficient (Wildman–Crippen LogP) is 3.13. The highest BCUT2D eigenvalue weighted by molar-refractivity contribution is 6.29. The fourth-order valence-corrected chi connectivity index (χ4v) is 4.45. The number of nitrogens with zero attached hydrogens (tertiary/aromatic N) is 4. The summed E-state index contributed by atoms with van der Waals surface area (Å²) >= 11 is 6.29. The predicted molar refractivity (Wildman–Crippen MR) is 120 cm³/mol. The van der Waals surface area contributed by atoms with Gasteiger partial charge in [-0.05, 0) is 37.8 Å². The van der Waals surface area contributed by atoms with Crippen LogP contribution in [0.5, 0.6) is 0 Å². The van der Waals surface area contributed by atoms with Gasteiger partial charge in [-0.25, -0.2) is 29.4 Å². The molecule has 0 spiro atoms. The quantitative estimate of drug-likeness (QED) is 0.448. The van der Waals surface area contributed by atoms with E-state index in [2.05, 4.69) is 35.9 Å². The van der Waals surface area contributed by atoms with Crippen molar-refractivity contribution in [2.24, 2.45) is 0 Å². The zero-order valence-corrected chi connectivity index (χ0v) is 18.0. The summed E-state index contributed by atoms with van der Waals surface area (Å²) < 4.78 is 0. The molecule has 32 heavy (non-hydrogen) atoms. The van der Waals surface area contributed by atoms with Crippen LogP contribution in [0.1, 0.15) is 25.7 Å². The monoisotopic (exact) mass is 454 g/mol. The Morgan fingerprint density at radius 3 is 2.78 bits per heavy atom. The molecule has 11 heteroatoms. The molecule has 0 aromatic carbocycles. The highest BCUT2D eigenvalue weighted by Crippen LogP contribution is 2.29. The molecule has 0 unspecified atom stereocenters. The lowest BCUT2D eigenvalue weighted by Crippen LogP contribution is -2.48. The zero-order valence-electron chi connectivity index (χ0n) is 17.3. The fourth-order valence-electron chi connectivity index (χ4n) is 4.27. The third-order valence-corrected chi connectivity index (χ3v) is 6.11. The normalized spacial score (nSPS) is 20.9. The van der Waals surface area contributed by atoms with E-state index in [0.717, 1.165) is 48.0 Å². The van der Waals surface area contributed by atoms with Crippen LogP contribution in [-0.4, -0.2) is 62.1 Å². The number of fused-ring (bicyclic) bond motifs is 1. The molecule has 166 valence electrons. The minimum absolute atomic E-state index is 0.0449. The first-order valence-electron chi connectivity index (χ1n) is 10.7. The van der Waals surface area contributed by atoms with E-state index < -0.39 is 0 Å². The van der Waals surface area contributed by atoms with Gasteiger partial charge in [-0.15, -0.1) is 0 Å². The van der Waals surface area contributed by atoms with Gasteiger partial charge in [0, 0.05) is 54.6 Å². The second kappa shape index (κ2) is 8.62. The number of hydrogen-bond donors (Lipinski definition) is 4. The van der Waals surface area contributed by atoms with Crippen molar-refractivity contribution in [3.63, 3.8) is 0 Å². The Hall–Kier alpha value is -3.40. The fraction of sp³-hybridized carbons (Fsp3) is 0.381. The van der Waals surface area contributed by atoms with E-state index in [4.69, 9.17) is 11.6 Å². The minimum Gasteiger partial charge on any atom is -0.351 e. The molecule has 4 heterocycles. The van der Waals surface area contributed by atoms with Gasteiger partial charge in [-0.1, -0.05) is 11.6 Å². The Bertz CT molecular complexity index is 1160. The number of aromatic nitrogens is 4. The molecule has 1 saturated heterocycles. The van der Waals surface area contributed by atoms with E-state index in [-0.39, 0.29) is 24.1 Å². The molecule has 3 aromatic rings. The van der Waals surface area contributed by atoms with E-state index in [1.807, 2.05) is 18.3 Å². The van der Waals surface area contributed by atoms with Crippen LogP contribution in [0.15, 0.2) is 30.6 Å². The molecular weight excluding hydrogens is 432 g/mol. The summed E-state index contributed by atoms with van der Waals surface area (Å²) in [7, 11) is 0. The van der Waals surface area contributed by atoms with Crippen molar-refractivity contribution in [1.82, 2.24) is 35.5 Å². The summed E-state index contributed by atoms with van der Waals surface area (Å²) in [5.74, 6) is 0.479. The highest BCUT2D eigenvalue weighted by atomic mass is 35.5. The topological polar surface area (TPSA) is 128 Å². The molecule has 1 aliphatic heterocycles. The van der Waals surface area contributed by atoms with Gasteiger partial charge < -0.3 is 20.9 Å². The number of hydrogen-bond acceptors (Lipinski definition) is 6. The highest BCUT2D eigenvalue weighted by Gasteiger charge is 2.29. The number of imide groups is 1. The molecule has 1 aliphatic carbocycles. The zero-order chi connectivity index (χ0) is 22.1. The number of pyridine rings is 1. The van der Waals surface area contributed by atoms with Crippen molar-refractivity contribution in [2.45, 2.75) is 37.8 Å². The Morgan fingerprint density at radius 2 is 2.00 bits per heavy atom. The number of aromatic amines is 1. The van der Waals surface area contributed by atoms with Crippen molar-refractivity contribution < 1.29 is 9.59 Å². The Morgan fingerprint density at radius 1 is 1.19 bits per heavy atom. The lowest BCUT2D eigenvalue weighted by Gasteiger charge is -2.30. The SMILES string of the molecule is O=C1NCCN1C(=O)NC1CCC(Nc2nc(Cl)cc(-c3c[nH]c4ncccc34)n2)CC1. The maximum atomic E-state index is 12.3. The smallest absolute Gasteiger partial charge is 0.325 e. The molecule has 5 rings (SSSR count). The van der Waals surface area contributed by atoms with Gasteiger partial charge in [0.25, 0.3) is 0 Å². The number of anilines is 1. The minimum atomic E-state index is -0.335. The van der Waals surface area contributed by atoms with Crippen LogP contribution < -0.4 is 16.0 Å². The number of amides is 4. The second-order valence-corrected chi connectivity index (χ2v) is 8.41. The standard InChI is InChI=1S/C21H23ClN8O2/c22-17-10-16(15-11-25-18-14(15)2-1-7-23-18)28-19(29-17)26-12-3-5-13(6-4-12)27-21(32)30-9-8-24-20(30)31/h1-2,7,10-13H,3-6,8-9H2,(H,23,25)(H,24,31)(H,27,32)(H,26,28,29). The van der Waals surface area contributed by atoms with Crippen LogP contribution >= 0.6 is 11.6 Å². The number of halogens is 1. The van der Waals surface area contributed by atoms with Crippen molar-refractivity contribution in [1.29, 1.82) is 0 Å². The molecule has 3 aromatic heterocycles. The molecule has 4 amide bonds. The van der Waals surface area contributed by atoms with Gasteiger partial charge in [0.15, 0.2) is 0 Å². The van der Waals surface area contributed by atoms with E-state index in [9.17, 15) is 9.59 Å². The van der Waals surface area contributed by atoms with Crippen molar-refractivity contribution >= 4 is 40.6 Å². The lowest BCUT2D eigenvalue weighted by molar-refractivity contribution is 0.193. The van der Waals surface area contributed by atoms with Gasteiger partial charge in [-0.3, -0.25) is 0 Å². The second-order valence-electron chi connectivity index (χ2n) is 8.03. The Labute approximate surface area is 189 Å². The van der Waals surface area contributed by atoms with Gasteiger partial charge in [0.05, 0.1) is 5.69 Å².